The Balaban J connectivity index is 1.55. The van der Waals surface area contributed by atoms with Gasteiger partial charge in [0, 0.05) is 6.26 Å². The van der Waals surface area contributed by atoms with E-state index in [1.54, 1.807) is 18.2 Å². The predicted octanol–water partition coefficient (Wildman–Crippen LogP) is 2.22. The molecule has 0 fully saturated rings. The van der Waals surface area contributed by atoms with Crippen molar-refractivity contribution in [3.05, 3.63) is 65.8 Å². The van der Waals surface area contributed by atoms with Gasteiger partial charge in [0.2, 0.25) is 5.89 Å². The standard InChI is InChI=1S/C18H16FN3O5S/c1-28(24,25)13-8-6-12(7-9-13)10-17-21-22-18(27-17)20-16(23)11-26-15-5-3-2-4-14(15)19/h2-9H,10-11H2,1H3,(H,20,22,23). The van der Waals surface area contributed by atoms with Crippen LogP contribution in [-0.2, 0) is 21.1 Å². The number of carbonyl (C=O) groups excluding carboxylic acids is 1. The van der Waals surface area contributed by atoms with E-state index >= 15 is 0 Å². The second kappa shape index (κ2) is 8.17. The molecule has 146 valence electrons. The van der Waals surface area contributed by atoms with Crippen molar-refractivity contribution in [1.29, 1.82) is 0 Å². The maximum atomic E-state index is 13.4. The fourth-order valence-electron chi connectivity index (χ4n) is 2.27. The van der Waals surface area contributed by atoms with E-state index in [2.05, 4.69) is 15.5 Å². The second-order valence-electron chi connectivity index (χ2n) is 5.86. The number of aromatic nitrogens is 2. The molecule has 0 bridgehead atoms. The number of para-hydroxylation sites is 1. The molecule has 0 spiro atoms. The van der Waals surface area contributed by atoms with Crippen molar-refractivity contribution >= 4 is 21.8 Å². The summed E-state index contributed by atoms with van der Waals surface area (Å²) in [6.45, 7) is -0.425. The summed E-state index contributed by atoms with van der Waals surface area (Å²) in [6, 6.07) is 11.9. The molecule has 0 saturated heterocycles. The summed E-state index contributed by atoms with van der Waals surface area (Å²) in [5.74, 6) is -0.966. The fraction of sp³-hybridized carbons (Fsp3) is 0.167. The maximum Gasteiger partial charge on any atom is 0.322 e. The number of hydrogen-bond acceptors (Lipinski definition) is 7. The Bertz CT molecular complexity index is 1080. The molecule has 1 amide bonds. The van der Waals surface area contributed by atoms with Crippen molar-refractivity contribution < 1.29 is 26.8 Å². The number of nitrogens with one attached hydrogen (secondary N) is 1. The van der Waals surface area contributed by atoms with Crippen LogP contribution < -0.4 is 10.1 Å². The Morgan fingerprint density at radius 1 is 1.14 bits per heavy atom. The molecule has 1 N–H and O–H groups in total. The molecule has 8 nitrogen and oxygen atoms in total. The van der Waals surface area contributed by atoms with E-state index in [0.29, 0.717) is 0 Å². The lowest BCUT2D eigenvalue weighted by molar-refractivity contribution is -0.118. The molecule has 3 rings (SSSR count). The molecule has 1 aromatic heterocycles. The van der Waals surface area contributed by atoms with Gasteiger partial charge in [-0.15, -0.1) is 5.10 Å². The normalized spacial score (nSPS) is 11.2. The number of sulfone groups is 1. The molecule has 28 heavy (non-hydrogen) atoms. The van der Waals surface area contributed by atoms with Crippen LogP contribution >= 0.6 is 0 Å². The topological polar surface area (TPSA) is 111 Å². The number of ether oxygens (including phenoxy) is 1. The average Bonchev–Trinajstić information content (AvgIpc) is 3.07. The van der Waals surface area contributed by atoms with Gasteiger partial charge in [-0.05, 0) is 29.8 Å². The molecular formula is C18H16FN3O5S. The van der Waals surface area contributed by atoms with E-state index in [9.17, 15) is 17.6 Å². The molecule has 1 heterocycles. The van der Waals surface area contributed by atoms with Gasteiger partial charge in [-0.25, -0.2) is 12.8 Å². The number of anilines is 1. The number of carbonyl (C=O) groups is 1. The van der Waals surface area contributed by atoms with Crippen LogP contribution in [0.5, 0.6) is 5.75 Å². The van der Waals surface area contributed by atoms with E-state index in [0.717, 1.165) is 11.8 Å². The summed E-state index contributed by atoms with van der Waals surface area (Å²) in [5, 5.41) is 9.89. The van der Waals surface area contributed by atoms with Gasteiger partial charge in [-0.3, -0.25) is 10.1 Å². The Morgan fingerprint density at radius 2 is 1.86 bits per heavy atom. The number of amides is 1. The quantitative estimate of drug-likeness (QED) is 0.641. The first-order valence-corrected chi connectivity index (χ1v) is 9.99. The first-order chi connectivity index (χ1) is 13.3. The van der Waals surface area contributed by atoms with Gasteiger partial charge in [0.1, 0.15) is 0 Å². The molecule has 0 atom stereocenters. The highest BCUT2D eigenvalue weighted by Crippen LogP contribution is 2.16. The molecule has 10 heteroatoms. The molecule has 0 radical (unpaired) electrons. The zero-order chi connectivity index (χ0) is 20.1. The predicted molar refractivity (Wildman–Crippen MR) is 97.2 cm³/mol. The van der Waals surface area contributed by atoms with Gasteiger partial charge in [0.15, 0.2) is 28.0 Å². The Hall–Kier alpha value is -3.27. The lowest BCUT2D eigenvalue weighted by Gasteiger charge is -2.05. The van der Waals surface area contributed by atoms with Crippen LogP contribution in [-0.4, -0.2) is 37.4 Å². The molecule has 0 saturated carbocycles. The minimum Gasteiger partial charge on any atom is -0.481 e. The van der Waals surface area contributed by atoms with Crippen LogP contribution in [0.4, 0.5) is 10.4 Å². The molecule has 0 aliphatic rings. The van der Waals surface area contributed by atoms with Gasteiger partial charge < -0.3 is 9.15 Å². The second-order valence-corrected chi connectivity index (χ2v) is 7.88. The van der Waals surface area contributed by atoms with Crippen LogP contribution in [0.1, 0.15) is 11.5 Å². The van der Waals surface area contributed by atoms with Crippen molar-refractivity contribution in [2.75, 3.05) is 18.2 Å². The first kappa shape index (κ1) is 19.5. The summed E-state index contributed by atoms with van der Waals surface area (Å²) >= 11 is 0. The zero-order valence-electron chi connectivity index (χ0n) is 14.8. The lowest BCUT2D eigenvalue weighted by atomic mass is 10.1. The van der Waals surface area contributed by atoms with Crippen molar-refractivity contribution in [3.8, 4) is 5.75 Å². The van der Waals surface area contributed by atoms with Gasteiger partial charge in [0.25, 0.3) is 5.91 Å². The van der Waals surface area contributed by atoms with Crippen LogP contribution in [0.2, 0.25) is 0 Å². The van der Waals surface area contributed by atoms with Gasteiger partial charge in [-0.2, -0.15) is 0 Å². The zero-order valence-corrected chi connectivity index (χ0v) is 15.6. The van der Waals surface area contributed by atoms with Gasteiger partial charge >= 0.3 is 6.01 Å². The van der Waals surface area contributed by atoms with Crippen molar-refractivity contribution in [2.45, 2.75) is 11.3 Å². The largest absolute Gasteiger partial charge is 0.481 e. The van der Waals surface area contributed by atoms with Crippen molar-refractivity contribution in [3.63, 3.8) is 0 Å². The van der Waals surface area contributed by atoms with Crippen LogP contribution in [0.3, 0.4) is 0 Å². The van der Waals surface area contributed by atoms with E-state index in [4.69, 9.17) is 9.15 Å². The smallest absolute Gasteiger partial charge is 0.322 e. The SMILES string of the molecule is CS(=O)(=O)c1ccc(Cc2nnc(NC(=O)COc3ccccc3F)o2)cc1. The van der Waals surface area contributed by atoms with E-state index in [1.165, 1.54) is 30.3 Å². The highest BCUT2D eigenvalue weighted by molar-refractivity contribution is 7.90. The maximum absolute atomic E-state index is 13.4. The molecule has 0 unspecified atom stereocenters. The summed E-state index contributed by atoms with van der Waals surface area (Å²) in [4.78, 5) is 12.1. The first-order valence-electron chi connectivity index (χ1n) is 8.10. The lowest BCUT2D eigenvalue weighted by Crippen LogP contribution is -2.20. The number of hydrogen-bond donors (Lipinski definition) is 1. The van der Waals surface area contributed by atoms with Gasteiger partial charge in [-0.1, -0.05) is 29.4 Å². The third kappa shape index (κ3) is 5.13. The third-order valence-corrected chi connectivity index (χ3v) is 4.74. The Labute approximate surface area is 160 Å². The number of halogens is 1. The molecule has 2 aromatic carbocycles. The average molecular weight is 405 g/mol. The molecule has 3 aromatic rings. The summed E-state index contributed by atoms with van der Waals surface area (Å²) < 4.78 is 46.8. The fourth-order valence-corrected chi connectivity index (χ4v) is 2.90. The van der Waals surface area contributed by atoms with E-state index in [1.807, 2.05) is 0 Å². The monoisotopic (exact) mass is 405 g/mol. The van der Waals surface area contributed by atoms with Crippen molar-refractivity contribution in [2.24, 2.45) is 0 Å². The van der Waals surface area contributed by atoms with Crippen LogP contribution in [0.25, 0.3) is 0 Å². The summed E-state index contributed by atoms with van der Waals surface area (Å²) in [7, 11) is -3.26. The molecule has 0 aliphatic heterocycles. The molecule has 0 aliphatic carbocycles. The molecular weight excluding hydrogens is 389 g/mol. The van der Waals surface area contributed by atoms with Crippen molar-refractivity contribution in [1.82, 2.24) is 10.2 Å². The van der Waals surface area contributed by atoms with E-state index < -0.39 is 28.2 Å². The number of rotatable bonds is 7. The summed E-state index contributed by atoms with van der Waals surface area (Å²) in [6.07, 6.45) is 1.39. The number of benzene rings is 2. The Kier molecular flexibility index (Phi) is 5.69. The minimum absolute atomic E-state index is 0.0404. The minimum atomic E-state index is -3.26. The van der Waals surface area contributed by atoms with E-state index in [-0.39, 0.29) is 29.0 Å². The highest BCUT2D eigenvalue weighted by atomic mass is 32.2. The summed E-state index contributed by atoms with van der Waals surface area (Å²) in [5.41, 5.74) is 0.761. The number of nitrogens with zero attached hydrogens (tertiary/aromatic N) is 2. The van der Waals surface area contributed by atoms with Crippen LogP contribution in [0.15, 0.2) is 57.8 Å². The Morgan fingerprint density at radius 3 is 2.54 bits per heavy atom. The van der Waals surface area contributed by atoms with Crippen LogP contribution in [0, 0.1) is 5.82 Å². The third-order valence-electron chi connectivity index (χ3n) is 3.62. The highest BCUT2D eigenvalue weighted by Gasteiger charge is 2.13. The van der Waals surface area contributed by atoms with Gasteiger partial charge in [0.05, 0.1) is 11.3 Å².